The topological polar surface area (TPSA) is 91.5 Å². The molecule has 1 aliphatic carbocycles. The Hall–Kier alpha value is -1.30. The van der Waals surface area contributed by atoms with Gasteiger partial charge in [0.2, 0.25) is 11.9 Å². The zero-order valence-corrected chi connectivity index (χ0v) is 12.7. The van der Waals surface area contributed by atoms with Crippen LogP contribution in [0.25, 0.3) is 0 Å². The van der Waals surface area contributed by atoms with Crippen LogP contribution in [0.3, 0.4) is 0 Å². The number of nitrogens with one attached hydrogen (secondary N) is 3. The zero-order chi connectivity index (χ0) is 14.8. The summed E-state index contributed by atoms with van der Waals surface area (Å²) in [7, 11) is 0. The van der Waals surface area contributed by atoms with Crippen LogP contribution in [-0.2, 0) is 4.79 Å². The Labute approximate surface area is 121 Å². The summed E-state index contributed by atoms with van der Waals surface area (Å²) in [6.45, 7) is 5.31. The highest BCUT2D eigenvalue weighted by atomic mass is 16.1. The molecular weight excluding hydrogens is 254 g/mol. The molecule has 1 amide bonds. The molecule has 0 aromatic heterocycles. The number of carbonyl (C=O) groups excluding carboxylic acids is 1. The van der Waals surface area contributed by atoms with Crippen molar-refractivity contribution in [1.29, 1.82) is 0 Å². The molecule has 1 fully saturated rings. The van der Waals surface area contributed by atoms with E-state index in [1.54, 1.807) is 0 Å². The van der Waals surface area contributed by atoms with Crippen molar-refractivity contribution in [3.05, 3.63) is 0 Å². The van der Waals surface area contributed by atoms with Crippen LogP contribution in [0, 0.1) is 5.92 Å². The standard InChI is InChI=1S/C14H29N5O/c1-11(2)10-17-13(20)8-9-16-14(19-15)18-12-6-4-3-5-7-12/h11-12H,3-10,15H2,1-2H3,(H,17,20)(H2,16,18,19). The lowest BCUT2D eigenvalue weighted by Gasteiger charge is -2.24. The van der Waals surface area contributed by atoms with E-state index in [9.17, 15) is 4.79 Å². The largest absolute Gasteiger partial charge is 0.356 e. The van der Waals surface area contributed by atoms with E-state index in [0.717, 1.165) is 12.8 Å². The van der Waals surface area contributed by atoms with Crippen molar-refractivity contribution < 1.29 is 4.79 Å². The van der Waals surface area contributed by atoms with Crippen molar-refractivity contribution in [3.8, 4) is 0 Å². The molecule has 0 unspecified atom stereocenters. The number of hydrazine groups is 1. The highest BCUT2D eigenvalue weighted by Gasteiger charge is 2.14. The van der Waals surface area contributed by atoms with Gasteiger partial charge < -0.3 is 10.6 Å². The summed E-state index contributed by atoms with van der Waals surface area (Å²) in [5, 5.41) is 6.19. The molecule has 0 heterocycles. The van der Waals surface area contributed by atoms with Gasteiger partial charge in [0.05, 0.1) is 6.54 Å². The van der Waals surface area contributed by atoms with Gasteiger partial charge in [-0.15, -0.1) is 0 Å². The number of amides is 1. The number of hydrogen-bond donors (Lipinski definition) is 4. The zero-order valence-electron chi connectivity index (χ0n) is 12.7. The van der Waals surface area contributed by atoms with Gasteiger partial charge in [0, 0.05) is 19.0 Å². The van der Waals surface area contributed by atoms with Gasteiger partial charge in [0.15, 0.2) is 0 Å². The van der Waals surface area contributed by atoms with Crippen LogP contribution < -0.4 is 21.9 Å². The maximum absolute atomic E-state index is 11.6. The summed E-state index contributed by atoms with van der Waals surface area (Å²) < 4.78 is 0. The van der Waals surface area contributed by atoms with E-state index in [0.29, 0.717) is 37.4 Å². The fraction of sp³-hybridized carbons (Fsp3) is 0.857. The monoisotopic (exact) mass is 283 g/mol. The third-order valence-electron chi connectivity index (χ3n) is 3.40. The first-order chi connectivity index (χ1) is 9.61. The molecule has 0 aromatic rings. The Morgan fingerprint density at radius 1 is 1.30 bits per heavy atom. The minimum atomic E-state index is 0.0384. The Morgan fingerprint density at radius 3 is 2.60 bits per heavy atom. The number of aliphatic imine (C=N–C) groups is 1. The molecule has 6 heteroatoms. The quantitative estimate of drug-likeness (QED) is 0.252. The molecule has 1 saturated carbocycles. The third-order valence-corrected chi connectivity index (χ3v) is 3.40. The van der Waals surface area contributed by atoms with Crippen LogP contribution in [0.4, 0.5) is 0 Å². The molecule has 0 aromatic carbocycles. The molecule has 0 atom stereocenters. The summed E-state index contributed by atoms with van der Waals surface area (Å²) >= 11 is 0. The molecular formula is C14H29N5O. The SMILES string of the molecule is CC(C)CNC(=O)CCN=C(NN)NC1CCCCC1. The number of nitrogens with zero attached hydrogens (tertiary/aromatic N) is 1. The van der Waals surface area contributed by atoms with Crippen molar-refractivity contribution in [3.63, 3.8) is 0 Å². The maximum Gasteiger partial charge on any atom is 0.221 e. The number of hydrogen-bond acceptors (Lipinski definition) is 3. The number of guanidine groups is 1. The molecule has 0 spiro atoms. The minimum absolute atomic E-state index is 0.0384. The average Bonchev–Trinajstić information content (AvgIpc) is 2.45. The van der Waals surface area contributed by atoms with Crippen molar-refractivity contribution in [2.24, 2.45) is 16.8 Å². The third kappa shape index (κ3) is 7.33. The second-order valence-corrected chi connectivity index (χ2v) is 5.80. The van der Waals surface area contributed by atoms with Crippen molar-refractivity contribution >= 4 is 11.9 Å². The van der Waals surface area contributed by atoms with Crippen molar-refractivity contribution in [2.75, 3.05) is 13.1 Å². The van der Waals surface area contributed by atoms with Crippen LogP contribution in [0.15, 0.2) is 4.99 Å². The van der Waals surface area contributed by atoms with E-state index in [2.05, 4.69) is 34.9 Å². The van der Waals surface area contributed by atoms with Gasteiger partial charge in [-0.1, -0.05) is 33.1 Å². The Balaban J connectivity index is 2.24. The summed E-state index contributed by atoms with van der Waals surface area (Å²) in [4.78, 5) is 15.9. The van der Waals surface area contributed by atoms with Gasteiger partial charge in [-0.05, 0) is 18.8 Å². The first-order valence-corrected chi connectivity index (χ1v) is 7.66. The molecule has 116 valence electrons. The smallest absolute Gasteiger partial charge is 0.221 e. The molecule has 20 heavy (non-hydrogen) atoms. The lowest BCUT2D eigenvalue weighted by molar-refractivity contribution is -0.121. The normalized spacial score (nSPS) is 17.1. The van der Waals surface area contributed by atoms with E-state index >= 15 is 0 Å². The van der Waals surface area contributed by atoms with Crippen molar-refractivity contribution in [2.45, 2.75) is 58.4 Å². The van der Waals surface area contributed by atoms with E-state index in [1.165, 1.54) is 19.3 Å². The van der Waals surface area contributed by atoms with Crippen LogP contribution in [0.1, 0.15) is 52.4 Å². The van der Waals surface area contributed by atoms with E-state index in [-0.39, 0.29) is 5.91 Å². The van der Waals surface area contributed by atoms with Gasteiger partial charge in [0.1, 0.15) is 0 Å². The maximum atomic E-state index is 11.6. The first kappa shape index (κ1) is 16.8. The Kier molecular flexibility index (Phi) is 8.02. The summed E-state index contributed by atoms with van der Waals surface area (Å²) in [5.41, 5.74) is 2.58. The Morgan fingerprint density at radius 2 is 2.00 bits per heavy atom. The number of nitrogens with two attached hydrogens (primary N) is 1. The lowest BCUT2D eigenvalue weighted by atomic mass is 9.96. The average molecular weight is 283 g/mol. The molecule has 0 radical (unpaired) electrons. The Bertz CT molecular complexity index is 311. The molecule has 5 N–H and O–H groups in total. The fourth-order valence-corrected chi connectivity index (χ4v) is 2.25. The van der Waals surface area contributed by atoms with Gasteiger partial charge in [0.25, 0.3) is 0 Å². The highest BCUT2D eigenvalue weighted by Crippen LogP contribution is 2.17. The predicted octanol–water partition coefficient (Wildman–Crippen LogP) is 0.890. The summed E-state index contributed by atoms with van der Waals surface area (Å²) in [5.74, 6) is 6.56. The molecule has 1 aliphatic rings. The molecule has 6 nitrogen and oxygen atoms in total. The first-order valence-electron chi connectivity index (χ1n) is 7.66. The second-order valence-electron chi connectivity index (χ2n) is 5.80. The van der Waals surface area contributed by atoms with Crippen LogP contribution >= 0.6 is 0 Å². The van der Waals surface area contributed by atoms with E-state index in [1.807, 2.05) is 0 Å². The van der Waals surface area contributed by atoms with Crippen LogP contribution in [0.2, 0.25) is 0 Å². The van der Waals surface area contributed by atoms with E-state index < -0.39 is 0 Å². The van der Waals surface area contributed by atoms with Gasteiger partial charge in [-0.2, -0.15) is 0 Å². The number of rotatable bonds is 6. The van der Waals surface area contributed by atoms with Crippen LogP contribution in [0.5, 0.6) is 0 Å². The van der Waals surface area contributed by atoms with Gasteiger partial charge >= 0.3 is 0 Å². The fourth-order valence-electron chi connectivity index (χ4n) is 2.25. The van der Waals surface area contributed by atoms with Gasteiger partial charge in [-0.25, -0.2) is 5.84 Å². The highest BCUT2D eigenvalue weighted by molar-refractivity contribution is 5.80. The molecule has 0 bridgehead atoms. The van der Waals surface area contributed by atoms with Crippen molar-refractivity contribution in [1.82, 2.24) is 16.1 Å². The summed E-state index contributed by atoms with van der Waals surface area (Å²) in [6, 6.07) is 0.452. The second kappa shape index (κ2) is 9.58. The van der Waals surface area contributed by atoms with Gasteiger partial charge in [-0.3, -0.25) is 15.2 Å². The van der Waals surface area contributed by atoms with Crippen LogP contribution in [-0.4, -0.2) is 31.0 Å². The summed E-state index contributed by atoms with van der Waals surface area (Å²) in [6.07, 6.45) is 6.55. The predicted molar refractivity (Wildman–Crippen MR) is 82.1 cm³/mol. The lowest BCUT2D eigenvalue weighted by Crippen LogP contribution is -2.47. The molecule has 0 aliphatic heterocycles. The molecule has 1 rings (SSSR count). The van der Waals surface area contributed by atoms with E-state index in [4.69, 9.17) is 5.84 Å². The number of carbonyl (C=O) groups is 1. The minimum Gasteiger partial charge on any atom is -0.356 e. The molecule has 0 saturated heterocycles.